The van der Waals surface area contributed by atoms with Gasteiger partial charge in [-0.1, -0.05) is 12.7 Å². The molecule has 0 amide bonds. The monoisotopic (exact) mass is 489 g/mol. The highest BCUT2D eigenvalue weighted by atomic mass is 32.1. The largest absolute Gasteiger partial charge is 0.481 e. The van der Waals surface area contributed by atoms with E-state index in [9.17, 15) is 18.0 Å². The van der Waals surface area contributed by atoms with Crippen LogP contribution in [0.1, 0.15) is 34.4 Å². The Bertz CT molecular complexity index is 1310. The van der Waals surface area contributed by atoms with E-state index in [2.05, 4.69) is 21.5 Å². The van der Waals surface area contributed by atoms with Gasteiger partial charge in [-0.15, -0.1) is 11.3 Å². The van der Waals surface area contributed by atoms with Crippen LogP contribution in [-0.4, -0.2) is 39.7 Å². The molecule has 0 spiro atoms. The van der Waals surface area contributed by atoms with Crippen LogP contribution in [0.15, 0.2) is 48.0 Å². The van der Waals surface area contributed by atoms with E-state index in [4.69, 9.17) is 4.74 Å². The molecule has 1 aliphatic rings. The number of halogens is 3. The van der Waals surface area contributed by atoms with E-state index in [1.165, 1.54) is 17.0 Å². The summed E-state index contributed by atoms with van der Waals surface area (Å²) in [4.78, 5) is 26.9. The van der Waals surface area contributed by atoms with Gasteiger partial charge in [0, 0.05) is 23.5 Å². The minimum atomic E-state index is -4.40. The maximum atomic E-state index is 12.8. The minimum Gasteiger partial charge on any atom is -0.481 e. The lowest BCUT2D eigenvalue weighted by atomic mass is 10.0. The van der Waals surface area contributed by atoms with E-state index in [0.717, 1.165) is 28.5 Å². The van der Waals surface area contributed by atoms with Gasteiger partial charge in [0.05, 0.1) is 19.3 Å². The van der Waals surface area contributed by atoms with Crippen molar-refractivity contribution in [2.24, 2.45) is 0 Å². The van der Waals surface area contributed by atoms with Crippen molar-refractivity contribution in [1.29, 1.82) is 0 Å². The van der Waals surface area contributed by atoms with Gasteiger partial charge in [-0.05, 0) is 48.8 Å². The molecule has 3 aromatic rings. The molecular formula is C23H22F3N5O2S. The number of hydrogen-bond acceptors (Lipinski definition) is 7. The Morgan fingerprint density at radius 2 is 2.03 bits per heavy atom. The Morgan fingerprint density at radius 1 is 1.24 bits per heavy atom. The minimum absolute atomic E-state index is 0.0163. The Labute approximate surface area is 197 Å². The molecule has 1 aliphatic heterocycles. The van der Waals surface area contributed by atoms with Crippen LogP contribution >= 0.6 is 11.3 Å². The summed E-state index contributed by atoms with van der Waals surface area (Å²) in [6, 6.07) is 6.23. The summed E-state index contributed by atoms with van der Waals surface area (Å²) in [5.41, 5.74) is 3.02. The SMILES string of the molecule is C=C(C)c1ccc(C2=CCN(c3ncn(Cc4ccc(C(F)(F)F)s4)c(=O)n3)CC2)nc1OC. The van der Waals surface area contributed by atoms with Gasteiger partial charge in [0.15, 0.2) is 0 Å². The zero-order chi connectivity index (χ0) is 24.5. The summed E-state index contributed by atoms with van der Waals surface area (Å²) in [5.74, 6) is 0.801. The second kappa shape index (κ2) is 9.41. The lowest BCUT2D eigenvalue weighted by molar-refractivity contribution is -0.134. The number of pyridine rings is 1. The number of allylic oxidation sites excluding steroid dienone is 1. The summed E-state index contributed by atoms with van der Waals surface area (Å²) in [6.45, 7) is 6.89. The molecule has 0 aromatic carbocycles. The molecule has 0 aliphatic carbocycles. The zero-order valence-electron chi connectivity index (χ0n) is 18.6. The number of thiophene rings is 1. The number of nitrogens with zero attached hydrogens (tertiary/aromatic N) is 5. The van der Waals surface area contributed by atoms with Crippen molar-refractivity contribution >= 4 is 28.4 Å². The van der Waals surface area contributed by atoms with Crippen LogP contribution in [-0.2, 0) is 12.7 Å². The van der Waals surface area contributed by atoms with Gasteiger partial charge < -0.3 is 9.64 Å². The number of hydrogen-bond donors (Lipinski definition) is 0. The first-order valence-electron chi connectivity index (χ1n) is 10.4. The summed E-state index contributed by atoms with van der Waals surface area (Å²) >= 11 is 0.601. The Morgan fingerprint density at radius 3 is 2.62 bits per heavy atom. The van der Waals surface area contributed by atoms with E-state index in [1.54, 1.807) is 7.11 Å². The Balaban J connectivity index is 1.46. The summed E-state index contributed by atoms with van der Waals surface area (Å²) in [6.07, 6.45) is -0.406. The van der Waals surface area contributed by atoms with E-state index < -0.39 is 16.7 Å². The van der Waals surface area contributed by atoms with Crippen molar-refractivity contribution in [2.75, 3.05) is 25.1 Å². The van der Waals surface area contributed by atoms with Crippen LogP contribution < -0.4 is 15.3 Å². The topological polar surface area (TPSA) is 73.1 Å². The number of alkyl halides is 3. The molecule has 0 radical (unpaired) electrons. The van der Waals surface area contributed by atoms with Crippen molar-refractivity contribution in [1.82, 2.24) is 19.5 Å². The van der Waals surface area contributed by atoms with Crippen LogP contribution in [0.2, 0.25) is 0 Å². The van der Waals surface area contributed by atoms with Gasteiger partial charge in [-0.3, -0.25) is 4.57 Å². The fourth-order valence-electron chi connectivity index (χ4n) is 3.58. The first kappa shape index (κ1) is 23.7. The van der Waals surface area contributed by atoms with Gasteiger partial charge in [0.2, 0.25) is 11.8 Å². The summed E-state index contributed by atoms with van der Waals surface area (Å²) in [5, 5.41) is 0. The second-order valence-electron chi connectivity index (χ2n) is 7.79. The van der Waals surface area contributed by atoms with E-state index in [1.807, 2.05) is 30.0 Å². The maximum absolute atomic E-state index is 12.8. The van der Waals surface area contributed by atoms with Crippen LogP contribution in [0.3, 0.4) is 0 Å². The van der Waals surface area contributed by atoms with Crippen molar-refractivity contribution in [2.45, 2.75) is 26.1 Å². The lowest BCUT2D eigenvalue weighted by Gasteiger charge is -2.26. The molecule has 7 nitrogen and oxygen atoms in total. The highest BCUT2D eigenvalue weighted by Crippen LogP contribution is 2.34. The molecule has 34 heavy (non-hydrogen) atoms. The molecular weight excluding hydrogens is 467 g/mol. The number of ether oxygens (including phenoxy) is 1. The smallest absolute Gasteiger partial charge is 0.425 e. The third kappa shape index (κ3) is 5.04. The van der Waals surface area contributed by atoms with E-state index in [0.29, 0.717) is 41.6 Å². The van der Waals surface area contributed by atoms with Crippen LogP contribution in [0.4, 0.5) is 19.1 Å². The van der Waals surface area contributed by atoms with E-state index in [-0.39, 0.29) is 12.5 Å². The van der Waals surface area contributed by atoms with Crippen LogP contribution in [0.5, 0.6) is 5.88 Å². The molecule has 0 unspecified atom stereocenters. The number of anilines is 1. The standard InChI is InChI=1S/C23H22F3N5O2S/c1-14(2)17-5-6-18(28-20(17)33-3)15-8-10-30(11-9-15)21-27-13-31(22(32)29-21)12-16-4-7-19(34-16)23(24,25)26/h4-8,13H,1,9-12H2,2-3H3. The molecule has 3 aromatic heterocycles. The molecule has 0 fully saturated rings. The van der Waals surface area contributed by atoms with Crippen molar-refractivity contribution in [3.8, 4) is 5.88 Å². The van der Waals surface area contributed by atoms with Gasteiger partial charge in [-0.2, -0.15) is 18.2 Å². The predicted molar refractivity (Wildman–Crippen MR) is 125 cm³/mol. The van der Waals surface area contributed by atoms with Crippen molar-refractivity contribution < 1.29 is 17.9 Å². The highest BCUT2D eigenvalue weighted by Gasteiger charge is 2.32. The van der Waals surface area contributed by atoms with Gasteiger partial charge in [0.1, 0.15) is 11.2 Å². The second-order valence-corrected chi connectivity index (χ2v) is 8.96. The van der Waals surface area contributed by atoms with E-state index >= 15 is 0 Å². The van der Waals surface area contributed by atoms with Crippen molar-refractivity contribution in [3.63, 3.8) is 0 Å². The predicted octanol–water partition coefficient (Wildman–Crippen LogP) is 4.50. The summed E-state index contributed by atoms with van der Waals surface area (Å²) in [7, 11) is 1.57. The normalized spacial score (nSPS) is 14.1. The zero-order valence-corrected chi connectivity index (χ0v) is 19.4. The molecule has 4 rings (SSSR count). The summed E-state index contributed by atoms with van der Waals surface area (Å²) < 4.78 is 45.0. The molecule has 11 heteroatoms. The van der Waals surface area contributed by atoms with Gasteiger partial charge >= 0.3 is 11.9 Å². The third-order valence-electron chi connectivity index (χ3n) is 5.36. The maximum Gasteiger partial charge on any atom is 0.425 e. The molecule has 178 valence electrons. The first-order valence-corrected chi connectivity index (χ1v) is 11.2. The lowest BCUT2D eigenvalue weighted by Crippen LogP contribution is -2.34. The highest BCUT2D eigenvalue weighted by molar-refractivity contribution is 7.12. The van der Waals surface area contributed by atoms with Crippen LogP contribution in [0, 0.1) is 0 Å². The first-order chi connectivity index (χ1) is 16.2. The molecule has 0 atom stereocenters. The number of aromatic nitrogens is 4. The average Bonchev–Trinajstić information content (AvgIpc) is 3.29. The molecule has 0 bridgehead atoms. The molecule has 0 saturated carbocycles. The quantitative estimate of drug-likeness (QED) is 0.508. The molecule has 4 heterocycles. The Kier molecular flexibility index (Phi) is 6.56. The fraction of sp³-hybridized carbons (Fsp3) is 0.304. The Hall–Kier alpha value is -3.47. The fourth-order valence-corrected chi connectivity index (χ4v) is 4.45. The number of methoxy groups -OCH3 is 1. The molecule has 0 N–H and O–H groups in total. The third-order valence-corrected chi connectivity index (χ3v) is 6.47. The van der Waals surface area contributed by atoms with Gasteiger partial charge in [-0.25, -0.2) is 14.8 Å². The van der Waals surface area contributed by atoms with Gasteiger partial charge in [0.25, 0.3) is 0 Å². The number of rotatable bonds is 6. The van der Waals surface area contributed by atoms with Crippen molar-refractivity contribution in [3.05, 3.63) is 74.7 Å². The molecule has 0 saturated heterocycles. The average molecular weight is 490 g/mol. The van der Waals surface area contributed by atoms with Crippen LogP contribution in [0.25, 0.3) is 11.1 Å².